The van der Waals surface area contributed by atoms with Gasteiger partial charge in [0.2, 0.25) is 0 Å². The van der Waals surface area contributed by atoms with E-state index in [1.54, 1.807) is 18.2 Å². The summed E-state index contributed by atoms with van der Waals surface area (Å²) in [5.74, 6) is 5.89. The molecule has 0 aliphatic rings. The van der Waals surface area contributed by atoms with E-state index in [0.717, 1.165) is 44.3 Å². The molecular formula is C39H41FGeIrN2O-2. The molecule has 0 atom stereocenters. The smallest absolute Gasteiger partial charge is 0 e. The van der Waals surface area contributed by atoms with Crippen LogP contribution in [0, 0.1) is 24.8 Å². The Morgan fingerprint density at radius 1 is 0.933 bits per heavy atom. The number of hydrogen-bond acceptors (Lipinski definition) is 3. The van der Waals surface area contributed by atoms with Crippen molar-refractivity contribution in [3.05, 3.63) is 114 Å². The summed E-state index contributed by atoms with van der Waals surface area (Å²) in [5.41, 5.74) is 6.09. The number of rotatable bonds is 4. The van der Waals surface area contributed by atoms with E-state index in [1.807, 2.05) is 83.3 Å². The van der Waals surface area contributed by atoms with Crippen LogP contribution >= 0.6 is 0 Å². The van der Waals surface area contributed by atoms with E-state index in [1.165, 1.54) is 16.7 Å². The number of benzene rings is 3. The van der Waals surface area contributed by atoms with Crippen molar-refractivity contribution in [1.82, 2.24) is 9.97 Å². The standard InChI is InChI=1S/C21H17FNO.C18H24GeN.Ir/c1-21(2,3)16-11-18(23-12-17(16)22)15-9-6-8-14-13-7-4-5-10-19(13)24-20(14)15;1-13(2)16-11-18(15-9-7-14(3)8-10-15)20-12-17(16)19(4,5)6;/h4-8,10-12H,1-3H3;7-9,11-13H,1-6H3;/q2*-1;/i;3D3,13D;. The van der Waals surface area contributed by atoms with E-state index in [2.05, 4.69) is 39.4 Å². The fraction of sp³-hybridized carbons (Fsp3) is 0.282. The number of aryl methyl sites for hydroxylation is 1. The first-order valence-corrected chi connectivity index (χ1v) is 22.1. The van der Waals surface area contributed by atoms with E-state index < -0.39 is 26.0 Å². The summed E-state index contributed by atoms with van der Waals surface area (Å²) in [6.45, 7) is 7.62. The number of halogens is 1. The molecular weight excluding hydrogens is 796 g/mol. The van der Waals surface area contributed by atoms with Gasteiger partial charge < -0.3 is 9.40 Å². The number of pyridine rings is 2. The molecule has 235 valence electrons. The van der Waals surface area contributed by atoms with Crippen LogP contribution in [0.4, 0.5) is 4.39 Å². The maximum absolute atomic E-state index is 14.2. The van der Waals surface area contributed by atoms with Crippen LogP contribution in [0.5, 0.6) is 0 Å². The third-order valence-corrected chi connectivity index (χ3v) is 11.8. The molecule has 3 heterocycles. The van der Waals surface area contributed by atoms with Crippen molar-refractivity contribution in [3.63, 3.8) is 0 Å². The minimum Gasteiger partial charge on any atom is 0 e. The predicted molar refractivity (Wildman–Crippen MR) is 185 cm³/mol. The van der Waals surface area contributed by atoms with Crippen molar-refractivity contribution >= 4 is 39.6 Å². The van der Waals surface area contributed by atoms with Crippen LogP contribution < -0.4 is 4.40 Å². The van der Waals surface area contributed by atoms with E-state index >= 15 is 0 Å². The monoisotopic (exact) mass is 843 g/mol. The van der Waals surface area contributed by atoms with Gasteiger partial charge >= 0.3 is 131 Å². The first-order chi connectivity index (χ1) is 22.2. The van der Waals surface area contributed by atoms with Gasteiger partial charge in [0, 0.05) is 25.5 Å². The third kappa shape index (κ3) is 7.65. The topological polar surface area (TPSA) is 38.9 Å². The zero-order valence-electron chi connectivity index (χ0n) is 31.0. The van der Waals surface area contributed by atoms with Crippen molar-refractivity contribution in [1.29, 1.82) is 0 Å². The Bertz CT molecular complexity index is 2090. The zero-order chi connectivity index (χ0) is 35.2. The molecule has 0 unspecified atom stereocenters. The Morgan fingerprint density at radius 3 is 2.31 bits per heavy atom. The van der Waals surface area contributed by atoms with Gasteiger partial charge in [0.25, 0.3) is 0 Å². The second kappa shape index (κ2) is 13.7. The number of hydrogen-bond donors (Lipinski definition) is 0. The van der Waals surface area contributed by atoms with Crippen LogP contribution in [0.3, 0.4) is 0 Å². The summed E-state index contributed by atoms with van der Waals surface area (Å²) in [5, 5.41) is 2.07. The Balaban J connectivity index is 0.000000216. The molecule has 6 rings (SSSR count). The van der Waals surface area contributed by atoms with Gasteiger partial charge in [-0.25, -0.2) is 4.39 Å². The molecule has 0 bridgehead atoms. The fourth-order valence-electron chi connectivity index (χ4n) is 5.23. The fourth-order valence-corrected chi connectivity index (χ4v) is 8.55. The van der Waals surface area contributed by atoms with Crippen LogP contribution in [0.1, 0.15) is 62.7 Å². The van der Waals surface area contributed by atoms with E-state index in [9.17, 15) is 4.39 Å². The number of aromatic nitrogens is 2. The van der Waals surface area contributed by atoms with Crippen molar-refractivity contribution < 1.29 is 34.4 Å². The number of para-hydroxylation sites is 1. The largest absolute Gasteiger partial charge is 0 e. The minimum atomic E-state index is -2.14. The second-order valence-electron chi connectivity index (χ2n) is 13.3. The molecule has 3 nitrogen and oxygen atoms in total. The van der Waals surface area contributed by atoms with Gasteiger partial charge in [-0.2, -0.15) is 0 Å². The molecule has 3 aromatic carbocycles. The van der Waals surface area contributed by atoms with Crippen LogP contribution in [0.25, 0.3) is 44.5 Å². The van der Waals surface area contributed by atoms with Gasteiger partial charge in [0.1, 0.15) is 11.4 Å². The Labute approximate surface area is 289 Å². The summed E-state index contributed by atoms with van der Waals surface area (Å²) < 4.78 is 52.2. The average molecular weight is 842 g/mol. The van der Waals surface area contributed by atoms with Gasteiger partial charge in [0.05, 0.1) is 11.8 Å². The molecule has 0 fully saturated rings. The molecule has 45 heavy (non-hydrogen) atoms. The molecule has 0 N–H and O–H groups in total. The molecule has 0 aliphatic heterocycles. The van der Waals surface area contributed by atoms with Crippen molar-refractivity contribution in [2.45, 2.75) is 70.0 Å². The molecule has 3 aromatic heterocycles. The van der Waals surface area contributed by atoms with Gasteiger partial charge in [-0.15, -0.1) is 18.2 Å². The summed E-state index contributed by atoms with van der Waals surface area (Å²) >= 11 is -2.14. The van der Waals surface area contributed by atoms with E-state index in [0.29, 0.717) is 11.3 Å². The SMILES string of the molecule is CC(C)(C)c1cc(-c2[c-]ccc3c2oc2ccccc23)ncc1F.[2H]C([2H])([2H])c1c[c-]c(-c2cc(C([2H])(C)C)[c]([Ge]([CH3])([CH3])[CH3])cn2)cc1.[Ir]. The van der Waals surface area contributed by atoms with Crippen LogP contribution in [0.15, 0.2) is 83.5 Å². The molecule has 0 spiro atoms. The summed E-state index contributed by atoms with van der Waals surface area (Å²) in [6.07, 6.45) is 3.19. The molecule has 0 amide bonds. The van der Waals surface area contributed by atoms with E-state index in [4.69, 9.17) is 9.90 Å². The van der Waals surface area contributed by atoms with Crippen LogP contribution in [-0.4, -0.2) is 23.2 Å². The Hall–Kier alpha value is -3.12. The van der Waals surface area contributed by atoms with Crippen molar-refractivity contribution in [2.24, 2.45) is 0 Å². The van der Waals surface area contributed by atoms with Gasteiger partial charge in [-0.3, -0.25) is 0 Å². The molecule has 1 radical (unpaired) electrons. The maximum atomic E-state index is 14.2. The molecule has 0 aliphatic carbocycles. The molecule has 0 saturated carbocycles. The zero-order valence-corrected chi connectivity index (χ0v) is 31.5. The quantitative estimate of drug-likeness (QED) is 0.131. The predicted octanol–water partition coefficient (Wildman–Crippen LogP) is 10.4. The molecule has 6 aromatic rings. The minimum absolute atomic E-state index is 0. The summed E-state index contributed by atoms with van der Waals surface area (Å²) in [6, 6.07) is 26.6. The summed E-state index contributed by atoms with van der Waals surface area (Å²) in [4.78, 5) is 8.85. The van der Waals surface area contributed by atoms with Gasteiger partial charge in [0.15, 0.2) is 0 Å². The van der Waals surface area contributed by atoms with Gasteiger partial charge in [-0.05, 0) is 22.7 Å². The molecule has 6 heteroatoms. The third-order valence-electron chi connectivity index (χ3n) is 7.60. The molecule has 0 saturated heterocycles. The Kier molecular flexibility index (Phi) is 8.92. The van der Waals surface area contributed by atoms with E-state index in [-0.39, 0.29) is 36.9 Å². The summed E-state index contributed by atoms with van der Waals surface area (Å²) in [7, 11) is 0. The first kappa shape index (κ1) is 29.3. The second-order valence-corrected chi connectivity index (χ2v) is 23.9. The first-order valence-electron chi connectivity index (χ1n) is 16.8. The Morgan fingerprint density at radius 2 is 1.67 bits per heavy atom. The average Bonchev–Trinajstić information content (AvgIpc) is 3.39. The van der Waals surface area contributed by atoms with Crippen LogP contribution in [0.2, 0.25) is 17.3 Å². The number of nitrogens with zero attached hydrogens (tertiary/aromatic N) is 2. The maximum Gasteiger partial charge on any atom is 0 e. The number of fused-ring (bicyclic) bond motifs is 3. The van der Waals surface area contributed by atoms with Gasteiger partial charge in [-0.1, -0.05) is 56.0 Å². The normalized spacial score (nSPS) is 13.6. The van der Waals surface area contributed by atoms with Crippen molar-refractivity contribution in [2.75, 3.05) is 0 Å². The number of furan rings is 1. The van der Waals surface area contributed by atoms with Crippen LogP contribution in [-0.2, 0) is 25.5 Å². The van der Waals surface area contributed by atoms with Crippen molar-refractivity contribution in [3.8, 4) is 22.5 Å².